The van der Waals surface area contributed by atoms with Crippen LogP contribution in [0.4, 0.5) is 0 Å². The number of benzene rings is 1. The fraction of sp³-hybridized carbons (Fsp3) is 0.364. The van der Waals surface area contributed by atoms with E-state index >= 15 is 0 Å². The van der Waals surface area contributed by atoms with Crippen LogP contribution in [0.1, 0.15) is 51.3 Å². The van der Waals surface area contributed by atoms with E-state index in [-0.39, 0.29) is 0 Å². The zero-order valence-corrected chi connectivity index (χ0v) is 16.3. The predicted octanol–water partition coefficient (Wildman–Crippen LogP) is 5.08. The number of hydrogen-bond acceptors (Lipinski definition) is 4. The Morgan fingerprint density at radius 2 is 1.96 bits per heavy atom. The molecule has 0 spiro atoms. The summed E-state index contributed by atoms with van der Waals surface area (Å²) in [5.41, 5.74) is 5.07. The number of thiazole rings is 1. The number of rotatable bonds is 5. The smallest absolute Gasteiger partial charge is 0.0897 e. The van der Waals surface area contributed by atoms with Gasteiger partial charge in [-0.3, -0.25) is 9.88 Å². The molecule has 0 bridgehead atoms. The lowest BCUT2D eigenvalue weighted by Gasteiger charge is -2.24. The highest BCUT2D eigenvalue weighted by Gasteiger charge is 2.28. The van der Waals surface area contributed by atoms with Crippen LogP contribution in [0.5, 0.6) is 0 Å². The summed E-state index contributed by atoms with van der Waals surface area (Å²) in [6.07, 6.45) is 5.43. The molecule has 0 unspecified atom stereocenters. The van der Waals surface area contributed by atoms with E-state index in [9.17, 15) is 0 Å². The number of aromatic nitrogens is 2. The molecule has 0 amide bonds. The standard InChI is InChI=1S/C22H25N3S/c1-16-11-19(12-18-7-4-3-5-8-18)13-21(24-16)22-9-6-10-25(22)15-20-14-23-17(2)26-20/h3-5,7-8,11,13-14,22H,6,9-10,12,15H2,1-2H3/t22-/m1/s1. The monoisotopic (exact) mass is 363 g/mol. The van der Waals surface area contributed by atoms with Crippen LogP contribution >= 0.6 is 11.3 Å². The van der Waals surface area contributed by atoms with Crippen LogP contribution in [0.3, 0.4) is 0 Å². The molecule has 2 aromatic heterocycles. The van der Waals surface area contributed by atoms with Crippen molar-refractivity contribution in [2.45, 2.75) is 45.7 Å². The van der Waals surface area contributed by atoms with E-state index in [0.29, 0.717) is 6.04 Å². The molecule has 1 atom stereocenters. The van der Waals surface area contributed by atoms with Gasteiger partial charge in [0, 0.05) is 23.3 Å². The van der Waals surface area contributed by atoms with Gasteiger partial charge in [-0.05, 0) is 62.9 Å². The quantitative estimate of drug-likeness (QED) is 0.633. The van der Waals surface area contributed by atoms with E-state index in [4.69, 9.17) is 4.98 Å². The highest BCUT2D eigenvalue weighted by atomic mass is 32.1. The van der Waals surface area contributed by atoms with Gasteiger partial charge in [-0.2, -0.15) is 0 Å². The molecule has 3 aromatic rings. The first-order valence-corrected chi connectivity index (χ1v) is 10.2. The third-order valence-electron chi connectivity index (χ3n) is 5.02. The molecule has 4 rings (SSSR count). The number of nitrogens with zero attached hydrogens (tertiary/aromatic N) is 3. The third-order valence-corrected chi connectivity index (χ3v) is 5.91. The molecule has 1 aliphatic heterocycles. The first-order chi connectivity index (χ1) is 12.7. The average Bonchev–Trinajstić information content (AvgIpc) is 3.24. The van der Waals surface area contributed by atoms with Crippen LogP contribution in [-0.2, 0) is 13.0 Å². The Bertz CT molecular complexity index is 872. The molecule has 0 radical (unpaired) electrons. The normalized spacial score (nSPS) is 17.7. The van der Waals surface area contributed by atoms with Crippen LogP contribution in [-0.4, -0.2) is 21.4 Å². The van der Waals surface area contributed by atoms with Gasteiger partial charge in [-0.25, -0.2) is 4.98 Å². The Hall–Kier alpha value is -2.04. The predicted molar refractivity (Wildman–Crippen MR) is 107 cm³/mol. The number of hydrogen-bond donors (Lipinski definition) is 0. The number of aryl methyl sites for hydroxylation is 2. The van der Waals surface area contributed by atoms with Crippen LogP contribution in [0.25, 0.3) is 0 Å². The molecular weight excluding hydrogens is 338 g/mol. The highest BCUT2D eigenvalue weighted by molar-refractivity contribution is 7.11. The van der Waals surface area contributed by atoms with Crippen LogP contribution in [0.15, 0.2) is 48.7 Å². The fourth-order valence-corrected chi connectivity index (χ4v) is 4.72. The van der Waals surface area contributed by atoms with E-state index in [0.717, 1.165) is 30.2 Å². The molecule has 1 saturated heterocycles. The summed E-state index contributed by atoms with van der Waals surface area (Å²) < 4.78 is 0. The molecule has 134 valence electrons. The van der Waals surface area contributed by atoms with E-state index in [1.54, 1.807) is 11.3 Å². The van der Waals surface area contributed by atoms with Crippen LogP contribution in [0.2, 0.25) is 0 Å². The fourth-order valence-electron chi connectivity index (χ4n) is 3.90. The van der Waals surface area contributed by atoms with E-state index in [1.807, 2.05) is 6.20 Å². The summed E-state index contributed by atoms with van der Waals surface area (Å²) in [7, 11) is 0. The van der Waals surface area contributed by atoms with Crippen molar-refractivity contribution < 1.29 is 0 Å². The van der Waals surface area contributed by atoms with Crippen LogP contribution < -0.4 is 0 Å². The Kier molecular flexibility index (Phi) is 5.14. The van der Waals surface area contributed by atoms with Gasteiger partial charge < -0.3 is 0 Å². The third kappa shape index (κ3) is 4.02. The summed E-state index contributed by atoms with van der Waals surface area (Å²) in [5, 5.41) is 1.15. The Labute approximate surface area is 159 Å². The highest BCUT2D eigenvalue weighted by Crippen LogP contribution is 2.33. The molecule has 1 aromatic carbocycles. The molecule has 0 aliphatic carbocycles. The van der Waals surface area contributed by atoms with Gasteiger partial charge in [0.05, 0.1) is 16.7 Å². The van der Waals surface area contributed by atoms with Crippen molar-refractivity contribution in [2.24, 2.45) is 0 Å². The minimum atomic E-state index is 0.423. The lowest BCUT2D eigenvalue weighted by molar-refractivity contribution is 0.246. The van der Waals surface area contributed by atoms with Crippen molar-refractivity contribution in [2.75, 3.05) is 6.54 Å². The summed E-state index contributed by atoms with van der Waals surface area (Å²) >= 11 is 1.81. The SMILES string of the molecule is Cc1cc(Cc2ccccc2)cc([C@H]2CCCN2Cc2cnc(C)s2)n1. The second kappa shape index (κ2) is 7.68. The topological polar surface area (TPSA) is 29.0 Å². The number of likely N-dealkylation sites (tertiary alicyclic amines) is 1. The maximum absolute atomic E-state index is 4.90. The average molecular weight is 364 g/mol. The molecular formula is C22H25N3S. The van der Waals surface area contributed by atoms with Gasteiger partial charge in [0.2, 0.25) is 0 Å². The molecule has 1 aliphatic rings. The lowest BCUT2D eigenvalue weighted by Crippen LogP contribution is -2.23. The van der Waals surface area contributed by atoms with Crippen molar-refractivity contribution in [1.82, 2.24) is 14.9 Å². The van der Waals surface area contributed by atoms with Gasteiger partial charge in [-0.1, -0.05) is 30.3 Å². The second-order valence-electron chi connectivity index (χ2n) is 7.18. The summed E-state index contributed by atoms with van der Waals surface area (Å²) in [5.74, 6) is 0. The largest absolute Gasteiger partial charge is 0.290 e. The second-order valence-corrected chi connectivity index (χ2v) is 8.50. The van der Waals surface area contributed by atoms with Crippen molar-refractivity contribution in [3.05, 3.63) is 81.1 Å². The summed E-state index contributed by atoms with van der Waals surface area (Å²) in [6, 6.07) is 15.7. The van der Waals surface area contributed by atoms with E-state index in [2.05, 4.69) is 66.2 Å². The van der Waals surface area contributed by atoms with Gasteiger partial charge in [0.1, 0.15) is 0 Å². The molecule has 3 nitrogen and oxygen atoms in total. The Morgan fingerprint density at radius 1 is 1.12 bits per heavy atom. The van der Waals surface area contributed by atoms with Gasteiger partial charge in [-0.15, -0.1) is 11.3 Å². The molecule has 4 heteroatoms. The lowest BCUT2D eigenvalue weighted by atomic mass is 10.0. The van der Waals surface area contributed by atoms with E-state index < -0.39 is 0 Å². The molecule has 26 heavy (non-hydrogen) atoms. The molecule has 0 saturated carbocycles. The molecule has 3 heterocycles. The first kappa shape index (κ1) is 17.4. The van der Waals surface area contributed by atoms with Crippen molar-refractivity contribution in [3.63, 3.8) is 0 Å². The maximum atomic E-state index is 4.90. The minimum absolute atomic E-state index is 0.423. The van der Waals surface area contributed by atoms with Crippen LogP contribution in [0, 0.1) is 13.8 Å². The van der Waals surface area contributed by atoms with Crippen molar-refractivity contribution in [3.8, 4) is 0 Å². The Balaban J connectivity index is 1.55. The van der Waals surface area contributed by atoms with Crippen molar-refractivity contribution in [1.29, 1.82) is 0 Å². The Morgan fingerprint density at radius 3 is 2.73 bits per heavy atom. The van der Waals surface area contributed by atoms with E-state index in [1.165, 1.54) is 34.5 Å². The minimum Gasteiger partial charge on any atom is -0.290 e. The summed E-state index contributed by atoms with van der Waals surface area (Å²) in [4.78, 5) is 13.2. The molecule has 0 N–H and O–H groups in total. The zero-order chi connectivity index (χ0) is 17.9. The summed E-state index contributed by atoms with van der Waals surface area (Å²) in [6.45, 7) is 6.32. The zero-order valence-electron chi connectivity index (χ0n) is 15.5. The maximum Gasteiger partial charge on any atom is 0.0897 e. The first-order valence-electron chi connectivity index (χ1n) is 9.34. The van der Waals surface area contributed by atoms with Crippen molar-refractivity contribution >= 4 is 11.3 Å². The van der Waals surface area contributed by atoms with Gasteiger partial charge >= 0.3 is 0 Å². The van der Waals surface area contributed by atoms with Gasteiger partial charge in [0.15, 0.2) is 0 Å². The van der Waals surface area contributed by atoms with Gasteiger partial charge in [0.25, 0.3) is 0 Å². The number of pyridine rings is 1. The molecule has 1 fully saturated rings.